The molecule has 3 nitrogen and oxygen atoms in total. The van der Waals surface area contributed by atoms with Crippen molar-refractivity contribution < 1.29 is 9.53 Å². The first-order chi connectivity index (χ1) is 7.44. The Bertz CT molecular complexity index is 228. The van der Waals surface area contributed by atoms with Crippen LogP contribution in [0.4, 0.5) is 0 Å². The molecular weight excluding hydrogens is 202 g/mol. The van der Waals surface area contributed by atoms with E-state index in [9.17, 15) is 4.79 Å². The molecule has 1 fully saturated rings. The van der Waals surface area contributed by atoms with E-state index in [0.717, 1.165) is 6.42 Å². The first-order valence-electron chi connectivity index (χ1n) is 6.27. The van der Waals surface area contributed by atoms with Crippen LogP contribution in [0.1, 0.15) is 52.4 Å². The fourth-order valence-electron chi connectivity index (χ4n) is 2.47. The van der Waals surface area contributed by atoms with Gasteiger partial charge in [-0.15, -0.1) is 0 Å². The molecule has 0 radical (unpaired) electrons. The second-order valence-corrected chi connectivity index (χ2v) is 5.78. The summed E-state index contributed by atoms with van der Waals surface area (Å²) >= 11 is 0. The van der Waals surface area contributed by atoms with Crippen LogP contribution < -0.4 is 5.73 Å². The third-order valence-corrected chi connectivity index (χ3v) is 3.90. The Morgan fingerprint density at radius 2 is 2.00 bits per heavy atom. The Balaban J connectivity index is 2.28. The largest absolute Gasteiger partial charge is 0.469 e. The van der Waals surface area contributed by atoms with Crippen molar-refractivity contribution in [1.29, 1.82) is 0 Å². The molecule has 1 aliphatic rings. The zero-order valence-corrected chi connectivity index (χ0v) is 10.8. The van der Waals surface area contributed by atoms with Crippen molar-refractivity contribution >= 4 is 5.97 Å². The lowest BCUT2D eigenvalue weighted by Crippen LogP contribution is -2.35. The van der Waals surface area contributed by atoms with Crippen LogP contribution in [0.25, 0.3) is 0 Å². The van der Waals surface area contributed by atoms with Crippen molar-refractivity contribution in [3.05, 3.63) is 0 Å². The lowest BCUT2D eigenvalue weighted by atomic mass is 9.71. The molecule has 2 N–H and O–H groups in total. The molecule has 0 aromatic heterocycles. The maximum Gasteiger partial charge on any atom is 0.305 e. The predicted molar refractivity (Wildman–Crippen MR) is 65.0 cm³/mol. The quantitative estimate of drug-likeness (QED) is 0.751. The van der Waals surface area contributed by atoms with Gasteiger partial charge in [0.05, 0.1) is 7.11 Å². The maximum absolute atomic E-state index is 11.0. The van der Waals surface area contributed by atoms with Gasteiger partial charge in [0.25, 0.3) is 0 Å². The number of ether oxygens (including phenoxy) is 1. The molecule has 1 aliphatic carbocycles. The average Bonchev–Trinajstić information content (AvgIpc) is 2.25. The van der Waals surface area contributed by atoms with E-state index in [0.29, 0.717) is 17.8 Å². The lowest BCUT2D eigenvalue weighted by Gasteiger charge is -2.36. The van der Waals surface area contributed by atoms with Crippen LogP contribution in [0.2, 0.25) is 0 Å². The highest BCUT2D eigenvalue weighted by molar-refractivity contribution is 5.69. The molecule has 0 heterocycles. The molecule has 1 rings (SSSR count). The molecule has 0 saturated heterocycles. The van der Waals surface area contributed by atoms with Gasteiger partial charge in [-0.3, -0.25) is 4.79 Å². The summed E-state index contributed by atoms with van der Waals surface area (Å²) in [6, 6.07) is 0.162. The van der Waals surface area contributed by atoms with E-state index in [4.69, 9.17) is 5.73 Å². The molecule has 0 bridgehead atoms. The Kier molecular flexibility index (Phi) is 4.78. The van der Waals surface area contributed by atoms with Gasteiger partial charge in [0.2, 0.25) is 0 Å². The molecule has 0 aliphatic heterocycles. The van der Waals surface area contributed by atoms with Crippen molar-refractivity contribution in [2.45, 2.75) is 58.4 Å². The molecule has 1 saturated carbocycles. The van der Waals surface area contributed by atoms with E-state index in [1.165, 1.54) is 32.8 Å². The summed E-state index contributed by atoms with van der Waals surface area (Å²) in [5.74, 6) is 0.448. The van der Waals surface area contributed by atoms with Crippen LogP contribution in [0.15, 0.2) is 0 Å². The molecule has 0 spiro atoms. The molecule has 0 amide bonds. The van der Waals surface area contributed by atoms with Crippen LogP contribution in [0.3, 0.4) is 0 Å². The van der Waals surface area contributed by atoms with E-state index in [-0.39, 0.29) is 12.0 Å². The maximum atomic E-state index is 11.0. The number of carbonyl (C=O) groups is 1. The molecular formula is C13H25NO2. The summed E-state index contributed by atoms with van der Waals surface area (Å²) < 4.78 is 4.63. The normalized spacial score (nSPS) is 22.8. The van der Waals surface area contributed by atoms with Gasteiger partial charge in [0.15, 0.2) is 0 Å². The Morgan fingerprint density at radius 3 is 2.50 bits per heavy atom. The number of esters is 1. The van der Waals surface area contributed by atoms with E-state index < -0.39 is 0 Å². The second-order valence-electron chi connectivity index (χ2n) is 5.78. The van der Waals surface area contributed by atoms with Gasteiger partial charge in [-0.1, -0.05) is 13.8 Å². The third-order valence-electron chi connectivity index (χ3n) is 3.90. The molecule has 94 valence electrons. The summed E-state index contributed by atoms with van der Waals surface area (Å²) in [6.45, 7) is 4.65. The van der Waals surface area contributed by atoms with Gasteiger partial charge in [-0.2, -0.15) is 0 Å². The highest BCUT2D eigenvalue weighted by Gasteiger charge is 2.29. The van der Waals surface area contributed by atoms with Crippen LogP contribution in [0, 0.1) is 11.3 Å². The minimum atomic E-state index is -0.147. The third kappa shape index (κ3) is 4.12. The number of hydrogen-bond acceptors (Lipinski definition) is 3. The second kappa shape index (κ2) is 5.67. The standard InChI is InChI=1S/C13H25NO2/c1-13(2)8-6-10(7-9-13)11(14)4-5-12(15)16-3/h10-11H,4-9,14H2,1-3H3. The fraction of sp³-hybridized carbons (Fsp3) is 0.923. The van der Waals surface area contributed by atoms with E-state index in [2.05, 4.69) is 18.6 Å². The van der Waals surface area contributed by atoms with Crippen LogP contribution >= 0.6 is 0 Å². The minimum Gasteiger partial charge on any atom is -0.469 e. The summed E-state index contributed by atoms with van der Waals surface area (Å²) in [4.78, 5) is 11.0. The van der Waals surface area contributed by atoms with Crippen LogP contribution in [-0.4, -0.2) is 19.1 Å². The van der Waals surface area contributed by atoms with E-state index in [1.54, 1.807) is 0 Å². The number of methoxy groups -OCH3 is 1. The smallest absolute Gasteiger partial charge is 0.305 e. The molecule has 0 aromatic carbocycles. The summed E-state index contributed by atoms with van der Waals surface area (Å²) in [7, 11) is 1.43. The molecule has 1 unspecified atom stereocenters. The number of carbonyl (C=O) groups excluding carboxylic acids is 1. The van der Waals surface area contributed by atoms with E-state index >= 15 is 0 Å². The van der Waals surface area contributed by atoms with Crippen molar-refractivity contribution in [2.75, 3.05) is 7.11 Å². The van der Waals surface area contributed by atoms with Gasteiger partial charge in [0, 0.05) is 12.5 Å². The Labute approximate surface area is 98.7 Å². The number of nitrogens with two attached hydrogens (primary N) is 1. The molecule has 3 heteroatoms. The summed E-state index contributed by atoms with van der Waals surface area (Å²) in [5, 5.41) is 0. The first kappa shape index (κ1) is 13.5. The first-order valence-corrected chi connectivity index (χ1v) is 6.27. The summed E-state index contributed by atoms with van der Waals surface area (Å²) in [6.07, 6.45) is 6.13. The van der Waals surface area contributed by atoms with Gasteiger partial charge < -0.3 is 10.5 Å². The minimum absolute atomic E-state index is 0.147. The Hall–Kier alpha value is -0.570. The SMILES string of the molecule is COC(=O)CCC(N)C1CCC(C)(C)CC1. The van der Waals surface area contributed by atoms with Crippen molar-refractivity contribution in [1.82, 2.24) is 0 Å². The van der Waals surface area contributed by atoms with Crippen LogP contribution in [0.5, 0.6) is 0 Å². The topological polar surface area (TPSA) is 52.3 Å². The van der Waals surface area contributed by atoms with Crippen molar-refractivity contribution in [3.63, 3.8) is 0 Å². The van der Waals surface area contributed by atoms with Gasteiger partial charge in [-0.25, -0.2) is 0 Å². The highest BCUT2D eigenvalue weighted by atomic mass is 16.5. The highest BCUT2D eigenvalue weighted by Crippen LogP contribution is 2.39. The molecule has 16 heavy (non-hydrogen) atoms. The summed E-state index contributed by atoms with van der Waals surface area (Å²) in [5.41, 5.74) is 6.62. The zero-order chi connectivity index (χ0) is 12.2. The van der Waals surface area contributed by atoms with Gasteiger partial charge in [-0.05, 0) is 43.4 Å². The predicted octanol–water partition coefficient (Wildman–Crippen LogP) is 2.48. The van der Waals surface area contributed by atoms with E-state index in [1.807, 2.05) is 0 Å². The zero-order valence-electron chi connectivity index (χ0n) is 10.8. The van der Waals surface area contributed by atoms with Crippen molar-refractivity contribution in [3.8, 4) is 0 Å². The molecule has 1 atom stereocenters. The number of rotatable bonds is 4. The number of hydrogen-bond donors (Lipinski definition) is 1. The Morgan fingerprint density at radius 1 is 1.44 bits per heavy atom. The monoisotopic (exact) mass is 227 g/mol. The lowest BCUT2D eigenvalue weighted by molar-refractivity contribution is -0.140. The molecule has 0 aromatic rings. The fourth-order valence-corrected chi connectivity index (χ4v) is 2.47. The van der Waals surface area contributed by atoms with Crippen molar-refractivity contribution in [2.24, 2.45) is 17.1 Å². The van der Waals surface area contributed by atoms with Gasteiger partial charge >= 0.3 is 5.97 Å². The van der Waals surface area contributed by atoms with Crippen LogP contribution in [-0.2, 0) is 9.53 Å². The van der Waals surface area contributed by atoms with Gasteiger partial charge in [0.1, 0.15) is 0 Å². The average molecular weight is 227 g/mol.